The lowest BCUT2D eigenvalue weighted by molar-refractivity contribution is 0.0932. The highest BCUT2D eigenvalue weighted by molar-refractivity contribution is 7.13. The predicted octanol–water partition coefficient (Wildman–Crippen LogP) is 1.15. The summed E-state index contributed by atoms with van der Waals surface area (Å²) in [7, 11) is 0. The third-order valence-corrected chi connectivity index (χ3v) is 2.59. The molecule has 0 fully saturated rings. The number of nitrogens with zero attached hydrogens (tertiary/aromatic N) is 2. The van der Waals surface area contributed by atoms with Gasteiger partial charge in [-0.2, -0.15) is 5.26 Å². The largest absolute Gasteiger partial charge is 0.375 e. The van der Waals surface area contributed by atoms with Crippen molar-refractivity contribution in [2.24, 2.45) is 0 Å². The third-order valence-electron chi connectivity index (χ3n) is 1.92. The molecule has 5 nitrogen and oxygen atoms in total. The minimum Gasteiger partial charge on any atom is -0.375 e. The molecule has 1 rings (SSSR count). The molecule has 0 aliphatic rings. The molecule has 0 saturated heterocycles. The Kier molecular flexibility index (Phi) is 4.06. The number of nitrogens with two attached hydrogens (primary N) is 1. The molecular weight excluding hydrogens is 212 g/mol. The van der Waals surface area contributed by atoms with Gasteiger partial charge in [0.15, 0.2) is 5.13 Å². The van der Waals surface area contributed by atoms with E-state index in [1.807, 2.05) is 13.0 Å². The number of nitrogen functional groups attached to an aromatic ring is 1. The zero-order valence-corrected chi connectivity index (χ0v) is 9.17. The van der Waals surface area contributed by atoms with E-state index < -0.39 is 0 Å². The molecule has 1 heterocycles. The lowest BCUT2D eigenvalue weighted by Crippen LogP contribution is -2.34. The highest BCUT2D eigenvalue weighted by atomic mass is 32.1. The molecule has 3 N–H and O–H groups in total. The average molecular weight is 224 g/mol. The van der Waals surface area contributed by atoms with Crippen molar-refractivity contribution in [1.29, 1.82) is 5.26 Å². The lowest BCUT2D eigenvalue weighted by atomic mass is 10.1. The number of nitriles is 1. The molecular formula is C9H12N4OS. The number of anilines is 1. The average Bonchev–Trinajstić information content (AvgIpc) is 2.64. The van der Waals surface area contributed by atoms with Crippen LogP contribution in [0.15, 0.2) is 5.38 Å². The normalized spacial score (nSPS) is 11.7. The summed E-state index contributed by atoms with van der Waals surface area (Å²) in [5.41, 5.74) is 5.73. The van der Waals surface area contributed by atoms with Crippen molar-refractivity contribution in [1.82, 2.24) is 10.3 Å². The van der Waals surface area contributed by atoms with Crippen LogP contribution in [-0.4, -0.2) is 16.9 Å². The first kappa shape index (κ1) is 11.5. The fourth-order valence-corrected chi connectivity index (χ4v) is 1.60. The Bertz CT molecular complexity index is 382. The van der Waals surface area contributed by atoms with Crippen molar-refractivity contribution in [2.45, 2.75) is 25.8 Å². The van der Waals surface area contributed by atoms with Gasteiger partial charge < -0.3 is 11.1 Å². The van der Waals surface area contributed by atoms with E-state index in [1.165, 1.54) is 11.3 Å². The standard InChI is InChI=1S/C9H12N4OS/c1-2-6(3-4-10)12-8(14)7-5-15-9(11)13-7/h5-6H,2-3H2,1H3,(H2,11,13)(H,12,14). The van der Waals surface area contributed by atoms with E-state index in [9.17, 15) is 4.79 Å². The molecule has 15 heavy (non-hydrogen) atoms. The maximum Gasteiger partial charge on any atom is 0.271 e. The molecule has 1 atom stereocenters. The Labute approximate surface area is 91.9 Å². The number of carbonyl (C=O) groups excluding carboxylic acids is 1. The van der Waals surface area contributed by atoms with E-state index in [-0.39, 0.29) is 11.9 Å². The van der Waals surface area contributed by atoms with E-state index in [0.717, 1.165) is 6.42 Å². The molecule has 6 heteroatoms. The molecule has 1 unspecified atom stereocenters. The highest BCUT2D eigenvalue weighted by Crippen LogP contribution is 2.11. The van der Waals surface area contributed by atoms with Gasteiger partial charge in [-0.15, -0.1) is 11.3 Å². The Morgan fingerprint density at radius 1 is 1.87 bits per heavy atom. The number of nitrogens with one attached hydrogen (secondary N) is 1. The second kappa shape index (κ2) is 5.32. The van der Waals surface area contributed by atoms with Crippen LogP contribution < -0.4 is 11.1 Å². The summed E-state index contributed by atoms with van der Waals surface area (Å²) in [4.78, 5) is 15.4. The van der Waals surface area contributed by atoms with Crippen LogP contribution >= 0.6 is 11.3 Å². The summed E-state index contributed by atoms with van der Waals surface area (Å²) in [6.07, 6.45) is 1.03. The van der Waals surface area contributed by atoms with Crippen molar-refractivity contribution >= 4 is 22.4 Å². The van der Waals surface area contributed by atoms with Crippen LogP contribution in [0.3, 0.4) is 0 Å². The molecule has 0 aromatic carbocycles. The summed E-state index contributed by atoms with van der Waals surface area (Å²) in [6, 6.07) is 1.90. The Morgan fingerprint density at radius 3 is 3.07 bits per heavy atom. The van der Waals surface area contributed by atoms with Gasteiger partial charge in [0.25, 0.3) is 5.91 Å². The van der Waals surface area contributed by atoms with Crippen LogP contribution in [0.4, 0.5) is 5.13 Å². The molecule has 0 radical (unpaired) electrons. The maximum absolute atomic E-state index is 11.6. The van der Waals surface area contributed by atoms with E-state index in [0.29, 0.717) is 17.2 Å². The van der Waals surface area contributed by atoms with Gasteiger partial charge in [0.05, 0.1) is 12.5 Å². The first-order valence-electron chi connectivity index (χ1n) is 4.56. The van der Waals surface area contributed by atoms with E-state index >= 15 is 0 Å². The smallest absolute Gasteiger partial charge is 0.271 e. The van der Waals surface area contributed by atoms with E-state index in [4.69, 9.17) is 11.0 Å². The van der Waals surface area contributed by atoms with Crippen LogP contribution in [0.25, 0.3) is 0 Å². The Hall–Kier alpha value is -1.61. The second-order valence-electron chi connectivity index (χ2n) is 3.01. The molecule has 80 valence electrons. The van der Waals surface area contributed by atoms with Crippen molar-refractivity contribution in [3.05, 3.63) is 11.1 Å². The fraction of sp³-hybridized carbons (Fsp3) is 0.444. The molecule has 0 bridgehead atoms. The van der Waals surface area contributed by atoms with Crippen LogP contribution in [0, 0.1) is 11.3 Å². The van der Waals surface area contributed by atoms with Gasteiger partial charge in [0.2, 0.25) is 0 Å². The minimum atomic E-state index is -0.273. The number of aromatic nitrogens is 1. The summed E-state index contributed by atoms with van der Waals surface area (Å²) in [5, 5.41) is 13.2. The van der Waals surface area contributed by atoms with Gasteiger partial charge >= 0.3 is 0 Å². The first-order valence-corrected chi connectivity index (χ1v) is 5.44. The van der Waals surface area contributed by atoms with Crippen LogP contribution in [0.2, 0.25) is 0 Å². The van der Waals surface area contributed by atoms with E-state index in [2.05, 4.69) is 10.3 Å². The van der Waals surface area contributed by atoms with Crippen molar-refractivity contribution < 1.29 is 4.79 Å². The molecule has 0 spiro atoms. The van der Waals surface area contributed by atoms with Crippen LogP contribution in [0.5, 0.6) is 0 Å². The lowest BCUT2D eigenvalue weighted by Gasteiger charge is -2.11. The molecule has 0 aliphatic carbocycles. The SMILES string of the molecule is CCC(CC#N)NC(=O)c1csc(N)n1. The molecule has 0 aliphatic heterocycles. The van der Waals surface area contributed by atoms with Crippen molar-refractivity contribution in [3.8, 4) is 6.07 Å². The van der Waals surface area contributed by atoms with Gasteiger partial charge in [0.1, 0.15) is 5.69 Å². The molecule has 0 saturated carbocycles. The summed E-state index contributed by atoms with van der Waals surface area (Å²) in [6.45, 7) is 1.91. The summed E-state index contributed by atoms with van der Waals surface area (Å²) in [5.74, 6) is -0.273. The topological polar surface area (TPSA) is 91.8 Å². The van der Waals surface area contributed by atoms with Crippen molar-refractivity contribution in [2.75, 3.05) is 5.73 Å². The van der Waals surface area contributed by atoms with Gasteiger partial charge in [-0.3, -0.25) is 4.79 Å². The summed E-state index contributed by atoms with van der Waals surface area (Å²) < 4.78 is 0. The fourth-order valence-electron chi connectivity index (χ4n) is 1.06. The second-order valence-corrected chi connectivity index (χ2v) is 3.90. The number of hydrogen-bond donors (Lipinski definition) is 2. The minimum absolute atomic E-state index is 0.120. The van der Waals surface area contributed by atoms with Gasteiger partial charge in [-0.25, -0.2) is 4.98 Å². The highest BCUT2D eigenvalue weighted by Gasteiger charge is 2.13. The Morgan fingerprint density at radius 2 is 2.60 bits per heavy atom. The first-order chi connectivity index (χ1) is 7.17. The number of hydrogen-bond acceptors (Lipinski definition) is 5. The number of thiazole rings is 1. The predicted molar refractivity (Wildman–Crippen MR) is 58.3 cm³/mol. The van der Waals surface area contributed by atoms with Crippen molar-refractivity contribution in [3.63, 3.8) is 0 Å². The number of amides is 1. The monoisotopic (exact) mass is 224 g/mol. The quantitative estimate of drug-likeness (QED) is 0.802. The van der Waals surface area contributed by atoms with Crippen LogP contribution in [0.1, 0.15) is 30.3 Å². The molecule has 1 aromatic rings. The zero-order chi connectivity index (χ0) is 11.3. The van der Waals surface area contributed by atoms with Gasteiger partial charge in [0, 0.05) is 11.4 Å². The Balaban J connectivity index is 2.59. The zero-order valence-electron chi connectivity index (χ0n) is 8.36. The van der Waals surface area contributed by atoms with Gasteiger partial charge in [-0.05, 0) is 6.42 Å². The summed E-state index contributed by atoms with van der Waals surface area (Å²) >= 11 is 1.22. The van der Waals surface area contributed by atoms with Crippen LogP contribution in [-0.2, 0) is 0 Å². The molecule has 1 aromatic heterocycles. The van der Waals surface area contributed by atoms with E-state index in [1.54, 1.807) is 5.38 Å². The number of carbonyl (C=O) groups is 1. The molecule has 1 amide bonds. The number of rotatable bonds is 4. The van der Waals surface area contributed by atoms with Gasteiger partial charge in [-0.1, -0.05) is 6.92 Å². The third kappa shape index (κ3) is 3.22. The maximum atomic E-state index is 11.6.